The summed E-state index contributed by atoms with van der Waals surface area (Å²) >= 11 is 14.0. The van der Waals surface area contributed by atoms with Gasteiger partial charge in [0.15, 0.2) is 10.9 Å². The third kappa shape index (κ3) is 4.17. The maximum absolute atomic E-state index is 13.5. The number of anilines is 1. The van der Waals surface area contributed by atoms with Crippen LogP contribution in [0.1, 0.15) is 16.1 Å². The predicted octanol–water partition coefficient (Wildman–Crippen LogP) is 7.13. The molecule has 4 aromatic rings. The van der Waals surface area contributed by atoms with Crippen molar-refractivity contribution in [3.05, 3.63) is 94.1 Å². The van der Waals surface area contributed by atoms with E-state index in [4.69, 9.17) is 32.9 Å². The highest BCUT2D eigenvalue weighted by atomic mass is 35.5. The largest absolute Gasteiger partial charge is 0.455 e. The Morgan fingerprint density at radius 3 is 2.42 bits per heavy atom. The van der Waals surface area contributed by atoms with Crippen molar-refractivity contribution in [3.63, 3.8) is 0 Å². The molecule has 1 amide bonds. The third-order valence-corrected chi connectivity index (χ3v) is 6.34. The van der Waals surface area contributed by atoms with Crippen LogP contribution in [0.2, 0.25) is 10.0 Å². The van der Waals surface area contributed by atoms with E-state index in [-0.39, 0.29) is 5.91 Å². The number of carbonyl (C=O) groups is 1. The maximum atomic E-state index is 13.5. The van der Waals surface area contributed by atoms with Crippen LogP contribution in [0.4, 0.5) is 5.69 Å². The summed E-state index contributed by atoms with van der Waals surface area (Å²) < 4.78 is 6.09. The SMILES string of the molecule is CSc1nc2c(c(-c3ccc(Cl)cc3Cl)n1)CN(c1ccccc1Oc1ccccc1)C2=O. The second-order valence-electron chi connectivity index (χ2n) is 7.28. The number of thioether (sulfide) groups is 1. The van der Waals surface area contributed by atoms with Crippen LogP contribution in [0.5, 0.6) is 11.5 Å². The van der Waals surface area contributed by atoms with Crippen LogP contribution < -0.4 is 9.64 Å². The monoisotopic (exact) mass is 493 g/mol. The number of para-hydroxylation sites is 3. The summed E-state index contributed by atoms with van der Waals surface area (Å²) in [4.78, 5) is 24.4. The number of benzene rings is 3. The first kappa shape index (κ1) is 21.8. The Bertz CT molecular complexity index is 1370. The van der Waals surface area contributed by atoms with Crippen LogP contribution in [0.15, 0.2) is 78.0 Å². The number of nitrogens with zero attached hydrogens (tertiary/aromatic N) is 3. The van der Waals surface area contributed by atoms with E-state index in [9.17, 15) is 4.79 Å². The zero-order valence-corrected chi connectivity index (χ0v) is 19.8. The molecule has 1 aromatic heterocycles. The summed E-state index contributed by atoms with van der Waals surface area (Å²) in [7, 11) is 0. The van der Waals surface area contributed by atoms with E-state index >= 15 is 0 Å². The number of hydrogen-bond acceptors (Lipinski definition) is 5. The van der Waals surface area contributed by atoms with Gasteiger partial charge >= 0.3 is 0 Å². The normalized spacial score (nSPS) is 12.7. The van der Waals surface area contributed by atoms with E-state index in [2.05, 4.69) is 4.98 Å². The number of rotatable bonds is 5. The zero-order valence-electron chi connectivity index (χ0n) is 17.5. The first-order valence-corrected chi connectivity index (χ1v) is 12.1. The highest BCUT2D eigenvalue weighted by Gasteiger charge is 2.35. The summed E-state index contributed by atoms with van der Waals surface area (Å²) in [5, 5.41) is 1.50. The average molecular weight is 494 g/mol. The molecule has 33 heavy (non-hydrogen) atoms. The fourth-order valence-electron chi connectivity index (χ4n) is 3.72. The van der Waals surface area contributed by atoms with Crippen molar-refractivity contribution in [2.75, 3.05) is 11.2 Å². The van der Waals surface area contributed by atoms with Gasteiger partial charge in [0, 0.05) is 16.1 Å². The number of aromatic nitrogens is 2. The molecule has 0 atom stereocenters. The van der Waals surface area contributed by atoms with Gasteiger partial charge in [0.2, 0.25) is 0 Å². The molecule has 5 nitrogen and oxygen atoms in total. The Labute approximate surface area is 205 Å². The minimum atomic E-state index is -0.210. The topological polar surface area (TPSA) is 55.3 Å². The van der Waals surface area contributed by atoms with E-state index in [0.29, 0.717) is 55.9 Å². The van der Waals surface area contributed by atoms with Gasteiger partial charge in [0.1, 0.15) is 11.4 Å². The quantitative estimate of drug-likeness (QED) is 0.218. The molecule has 0 bridgehead atoms. The lowest BCUT2D eigenvalue weighted by Gasteiger charge is -2.19. The van der Waals surface area contributed by atoms with Gasteiger partial charge < -0.3 is 4.74 Å². The van der Waals surface area contributed by atoms with Crippen LogP contribution in [0.25, 0.3) is 11.3 Å². The van der Waals surface area contributed by atoms with Crippen LogP contribution >= 0.6 is 35.0 Å². The minimum absolute atomic E-state index is 0.210. The van der Waals surface area contributed by atoms with Gasteiger partial charge in [0.05, 0.1) is 22.9 Å². The van der Waals surface area contributed by atoms with Crippen molar-refractivity contribution in [2.24, 2.45) is 0 Å². The van der Waals surface area contributed by atoms with Crippen molar-refractivity contribution in [1.29, 1.82) is 0 Å². The van der Waals surface area contributed by atoms with Crippen LogP contribution in [-0.2, 0) is 6.54 Å². The van der Waals surface area contributed by atoms with Crippen molar-refractivity contribution < 1.29 is 9.53 Å². The van der Waals surface area contributed by atoms with Gasteiger partial charge in [0.25, 0.3) is 5.91 Å². The van der Waals surface area contributed by atoms with Crippen molar-refractivity contribution in [3.8, 4) is 22.8 Å². The smallest absolute Gasteiger partial charge is 0.277 e. The van der Waals surface area contributed by atoms with E-state index in [1.165, 1.54) is 11.8 Å². The molecule has 2 heterocycles. The molecule has 8 heteroatoms. The van der Waals surface area contributed by atoms with E-state index in [0.717, 1.165) is 5.56 Å². The summed E-state index contributed by atoms with van der Waals surface area (Å²) in [6.07, 6.45) is 1.87. The van der Waals surface area contributed by atoms with Crippen LogP contribution in [-0.4, -0.2) is 22.1 Å². The van der Waals surface area contributed by atoms with Gasteiger partial charge in [-0.2, -0.15) is 0 Å². The first-order chi connectivity index (χ1) is 16.0. The van der Waals surface area contributed by atoms with Gasteiger partial charge in [-0.05, 0) is 48.7 Å². The Balaban J connectivity index is 1.59. The summed E-state index contributed by atoms with van der Waals surface area (Å²) in [5.74, 6) is 1.05. The van der Waals surface area contributed by atoms with Gasteiger partial charge in [-0.3, -0.25) is 9.69 Å². The van der Waals surface area contributed by atoms with Gasteiger partial charge in [-0.1, -0.05) is 65.3 Å². The fraction of sp³-hybridized carbons (Fsp3) is 0.0800. The molecule has 1 aliphatic heterocycles. The standard InChI is InChI=1S/C25H17Cl2N3O2S/c1-33-25-28-22(17-12-11-15(26)13-19(17)27)18-14-30(24(31)23(18)29-25)20-9-5-6-10-21(20)32-16-7-3-2-4-8-16/h2-13H,14H2,1H3. The zero-order chi connectivity index (χ0) is 22.9. The minimum Gasteiger partial charge on any atom is -0.455 e. The highest BCUT2D eigenvalue weighted by Crippen LogP contribution is 2.41. The molecule has 0 aliphatic carbocycles. The third-order valence-electron chi connectivity index (χ3n) is 5.25. The molecule has 5 rings (SSSR count). The molecular weight excluding hydrogens is 477 g/mol. The molecule has 0 radical (unpaired) electrons. The number of halogens is 2. The van der Waals surface area contributed by atoms with E-state index in [1.807, 2.05) is 66.9 Å². The van der Waals surface area contributed by atoms with Gasteiger partial charge in [-0.15, -0.1) is 0 Å². The second-order valence-corrected chi connectivity index (χ2v) is 8.90. The number of fused-ring (bicyclic) bond motifs is 1. The molecule has 164 valence electrons. The van der Waals surface area contributed by atoms with Gasteiger partial charge in [-0.25, -0.2) is 9.97 Å². The average Bonchev–Trinajstić information content (AvgIpc) is 3.16. The number of hydrogen-bond donors (Lipinski definition) is 0. The lowest BCUT2D eigenvalue weighted by molar-refractivity contribution is 0.0991. The molecular formula is C25H17Cl2N3O2S. The molecule has 0 fully saturated rings. The highest BCUT2D eigenvalue weighted by molar-refractivity contribution is 7.98. The molecule has 0 N–H and O–H groups in total. The Morgan fingerprint density at radius 2 is 1.67 bits per heavy atom. The molecule has 0 saturated carbocycles. The van der Waals surface area contributed by atoms with E-state index in [1.54, 1.807) is 17.0 Å². The van der Waals surface area contributed by atoms with Crippen molar-refractivity contribution in [1.82, 2.24) is 9.97 Å². The van der Waals surface area contributed by atoms with Crippen LogP contribution in [0.3, 0.4) is 0 Å². The Kier molecular flexibility index (Phi) is 5.98. The summed E-state index contributed by atoms with van der Waals surface area (Å²) in [5.41, 5.74) is 3.08. The predicted molar refractivity (Wildman–Crippen MR) is 133 cm³/mol. The van der Waals surface area contributed by atoms with Crippen LogP contribution in [0, 0.1) is 0 Å². The summed E-state index contributed by atoms with van der Waals surface area (Å²) in [6.45, 7) is 0.298. The molecule has 0 spiro atoms. The van der Waals surface area contributed by atoms with Crippen molar-refractivity contribution in [2.45, 2.75) is 11.7 Å². The Hall–Kier alpha value is -3.06. The van der Waals surface area contributed by atoms with Crippen molar-refractivity contribution >= 4 is 46.6 Å². The lowest BCUT2D eigenvalue weighted by atomic mass is 10.1. The molecule has 1 aliphatic rings. The first-order valence-electron chi connectivity index (χ1n) is 10.1. The molecule has 0 saturated heterocycles. The number of ether oxygens (including phenoxy) is 1. The fourth-order valence-corrected chi connectivity index (χ4v) is 4.58. The Morgan fingerprint density at radius 1 is 0.939 bits per heavy atom. The lowest BCUT2D eigenvalue weighted by Crippen LogP contribution is -2.23. The second kappa shape index (κ2) is 9.06. The number of amides is 1. The maximum Gasteiger partial charge on any atom is 0.277 e. The molecule has 3 aromatic carbocycles. The van der Waals surface area contributed by atoms with E-state index < -0.39 is 0 Å². The molecule has 0 unspecified atom stereocenters. The summed E-state index contributed by atoms with van der Waals surface area (Å²) in [6, 6.07) is 22.2. The number of carbonyl (C=O) groups excluding carboxylic acids is 1.